The van der Waals surface area contributed by atoms with E-state index in [0.29, 0.717) is 12.3 Å². The number of ether oxygens (including phenoxy) is 1. The number of esters is 1. The molecule has 0 N–H and O–H groups in total. The molecule has 0 bridgehead atoms. The van der Waals surface area contributed by atoms with Gasteiger partial charge in [0.15, 0.2) is 0 Å². The van der Waals surface area contributed by atoms with Gasteiger partial charge in [0.25, 0.3) is 0 Å². The summed E-state index contributed by atoms with van der Waals surface area (Å²) in [6.07, 6.45) is 7.53. The molecule has 1 saturated carbocycles. The van der Waals surface area contributed by atoms with Crippen molar-refractivity contribution in [2.45, 2.75) is 51.9 Å². The zero-order valence-electron chi connectivity index (χ0n) is 9.46. The largest absolute Gasteiger partial charge is 0.460 e. The Hall–Kier alpha value is -0.860. The Morgan fingerprint density at radius 1 is 1.20 bits per heavy atom. The van der Waals surface area contributed by atoms with Crippen LogP contribution in [-0.2, 0) is 14.3 Å². The molecular weight excluding hydrogens is 192 g/mol. The highest BCUT2D eigenvalue weighted by Crippen LogP contribution is 2.27. The summed E-state index contributed by atoms with van der Waals surface area (Å²) in [5, 5.41) is 0. The molecule has 0 aromatic carbocycles. The highest BCUT2D eigenvalue weighted by atomic mass is 16.5. The lowest BCUT2D eigenvalue weighted by atomic mass is 9.86. The van der Waals surface area contributed by atoms with Gasteiger partial charge in [-0.1, -0.05) is 32.1 Å². The molecule has 0 spiro atoms. The van der Waals surface area contributed by atoms with E-state index in [4.69, 9.17) is 0 Å². The molecule has 1 fully saturated rings. The Morgan fingerprint density at radius 3 is 2.47 bits per heavy atom. The van der Waals surface area contributed by atoms with Crippen molar-refractivity contribution in [2.75, 3.05) is 6.61 Å². The van der Waals surface area contributed by atoms with Crippen molar-refractivity contribution < 1.29 is 14.3 Å². The van der Waals surface area contributed by atoms with Crippen LogP contribution in [0.3, 0.4) is 0 Å². The van der Waals surface area contributed by atoms with Crippen LogP contribution in [-0.4, -0.2) is 18.4 Å². The number of carbonyl (C=O) groups excluding carboxylic acids is 2. The molecule has 0 unspecified atom stereocenters. The number of rotatable bonds is 5. The van der Waals surface area contributed by atoms with E-state index in [2.05, 4.69) is 4.74 Å². The van der Waals surface area contributed by atoms with Crippen molar-refractivity contribution in [1.82, 2.24) is 0 Å². The molecule has 1 rings (SSSR count). The molecular formula is C12H20O3. The van der Waals surface area contributed by atoms with Gasteiger partial charge in [-0.25, -0.2) is 4.79 Å². The Bertz CT molecular complexity index is 217. The number of carbonyl (C=O) groups is 2. The van der Waals surface area contributed by atoms with Gasteiger partial charge in [-0.3, -0.25) is 4.79 Å². The fourth-order valence-electron chi connectivity index (χ4n) is 2.12. The van der Waals surface area contributed by atoms with Crippen LogP contribution in [0.4, 0.5) is 0 Å². The van der Waals surface area contributed by atoms with Gasteiger partial charge in [-0.15, -0.1) is 0 Å². The van der Waals surface area contributed by atoms with E-state index in [-0.39, 0.29) is 12.4 Å². The van der Waals surface area contributed by atoms with E-state index in [1.54, 1.807) is 6.92 Å². The van der Waals surface area contributed by atoms with Crippen molar-refractivity contribution in [2.24, 2.45) is 5.92 Å². The molecule has 0 aliphatic heterocycles. The SMILES string of the molecule is CCOC(=O)C(=O)CCC1CCCCC1. The van der Waals surface area contributed by atoms with Crippen molar-refractivity contribution in [1.29, 1.82) is 0 Å². The first-order valence-electron chi connectivity index (χ1n) is 5.94. The molecule has 1 aliphatic carbocycles. The summed E-state index contributed by atoms with van der Waals surface area (Å²) in [4.78, 5) is 22.3. The van der Waals surface area contributed by atoms with Crippen LogP contribution in [0.5, 0.6) is 0 Å². The third-order valence-corrected chi connectivity index (χ3v) is 3.01. The van der Waals surface area contributed by atoms with E-state index in [0.717, 1.165) is 6.42 Å². The normalized spacial score (nSPS) is 17.4. The Kier molecular flexibility index (Phi) is 5.37. The van der Waals surface area contributed by atoms with Gasteiger partial charge < -0.3 is 4.74 Å². The highest BCUT2D eigenvalue weighted by molar-refractivity contribution is 6.33. The topological polar surface area (TPSA) is 43.4 Å². The van der Waals surface area contributed by atoms with Crippen molar-refractivity contribution in [3.63, 3.8) is 0 Å². The predicted molar refractivity (Wildman–Crippen MR) is 57.4 cm³/mol. The first kappa shape index (κ1) is 12.2. The maximum atomic E-state index is 11.3. The second kappa shape index (κ2) is 6.59. The summed E-state index contributed by atoms with van der Waals surface area (Å²) >= 11 is 0. The molecule has 1 aliphatic rings. The van der Waals surface area contributed by atoms with Crippen LogP contribution in [0, 0.1) is 5.92 Å². The fourth-order valence-corrected chi connectivity index (χ4v) is 2.12. The molecule has 0 aromatic heterocycles. The highest BCUT2D eigenvalue weighted by Gasteiger charge is 2.18. The number of hydrogen-bond acceptors (Lipinski definition) is 3. The minimum Gasteiger partial charge on any atom is -0.460 e. The minimum absolute atomic E-state index is 0.286. The van der Waals surface area contributed by atoms with Gasteiger partial charge >= 0.3 is 5.97 Å². The van der Waals surface area contributed by atoms with E-state index in [1.807, 2.05) is 0 Å². The van der Waals surface area contributed by atoms with Crippen LogP contribution in [0.2, 0.25) is 0 Å². The Morgan fingerprint density at radius 2 is 1.87 bits per heavy atom. The molecule has 0 radical (unpaired) electrons. The first-order chi connectivity index (χ1) is 7.24. The van der Waals surface area contributed by atoms with E-state index < -0.39 is 5.97 Å². The summed E-state index contributed by atoms with van der Waals surface area (Å²) in [7, 11) is 0. The third kappa shape index (κ3) is 4.45. The summed E-state index contributed by atoms with van der Waals surface area (Å²) in [6, 6.07) is 0. The standard InChI is InChI=1S/C12H20O3/c1-2-15-12(14)11(13)9-8-10-6-4-3-5-7-10/h10H,2-9H2,1H3. The number of ketones is 1. The smallest absolute Gasteiger partial charge is 0.374 e. The summed E-state index contributed by atoms with van der Waals surface area (Å²) in [5.74, 6) is -0.368. The van der Waals surface area contributed by atoms with Crippen LogP contribution >= 0.6 is 0 Å². The van der Waals surface area contributed by atoms with Crippen molar-refractivity contribution in [3.8, 4) is 0 Å². The van der Waals surface area contributed by atoms with Crippen LogP contribution in [0.1, 0.15) is 51.9 Å². The minimum atomic E-state index is -0.659. The zero-order chi connectivity index (χ0) is 11.1. The summed E-state index contributed by atoms with van der Waals surface area (Å²) in [5.41, 5.74) is 0. The lowest BCUT2D eigenvalue weighted by molar-refractivity contribution is -0.153. The molecule has 0 aromatic rings. The summed E-state index contributed by atoms with van der Waals surface area (Å²) < 4.78 is 4.66. The van der Waals surface area contributed by atoms with Crippen LogP contribution in [0.25, 0.3) is 0 Å². The van der Waals surface area contributed by atoms with E-state index in [9.17, 15) is 9.59 Å². The third-order valence-electron chi connectivity index (χ3n) is 3.01. The van der Waals surface area contributed by atoms with Crippen molar-refractivity contribution >= 4 is 11.8 Å². The number of Topliss-reactive ketones (excluding diaryl/α,β-unsaturated/α-hetero) is 1. The molecule has 3 heteroatoms. The van der Waals surface area contributed by atoms with Gasteiger partial charge in [-0.05, 0) is 19.3 Å². The molecule has 3 nitrogen and oxygen atoms in total. The van der Waals surface area contributed by atoms with Gasteiger partial charge in [-0.2, -0.15) is 0 Å². The lowest BCUT2D eigenvalue weighted by Gasteiger charge is -2.20. The molecule has 0 saturated heterocycles. The predicted octanol–water partition coefficient (Wildman–Crippen LogP) is 2.48. The van der Waals surface area contributed by atoms with Gasteiger partial charge in [0.2, 0.25) is 5.78 Å². The van der Waals surface area contributed by atoms with Gasteiger partial charge in [0.1, 0.15) is 0 Å². The number of hydrogen-bond donors (Lipinski definition) is 0. The fraction of sp³-hybridized carbons (Fsp3) is 0.833. The second-order valence-corrected chi connectivity index (χ2v) is 4.19. The molecule has 86 valence electrons. The molecule has 15 heavy (non-hydrogen) atoms. The second-order valence-electron chi connectivity index (χ2n) is 4.19. The molecule has 0 amide bonds. The van der Waals surface area contributed by atoms with Gasteiger partial charge in [0, 0.05) is 6.42 Å². The van der Waals surface area contributed by atoms with Crippen molar-refractivity contribution in [3.05, 3.63) is 0 Å². The average molecular weight is 212 g/mol. The van der Waals surface area contributed by atoms with Gasteiger partial charge in [0.05, 0.1) is 6.61 Å². The maximum Gasteiger partial charge on any atom is 0.374 e. The first-order valence-corrected chi connectivity index (χ1v) is 5.94. The Labute approximate surface area is 91.2 Å². The maximum absolute atomic E-state index is 11.3. The molecule has 0 heterocycles. The molecule has 0 atom stereocenters. The monoisotopic (exact) mass is 212 g/mol. The quantitative estimate of drug-likeness (QED) is 0.519. The zero-order valence-corrected chi connectivity index (χ0v) is 9.46. The Balaban J connectivity index is 2.17. The van der Waals surface area contributed by atoms with Crippen LogP contribution < -0.4 is 0 Å². The summed E-state index contributed by atoms with van der Waals surface area (Å²) in [6.45, 7) is 2.00. The average Bonchev–Trinajstić information content (AvgIpc) is 2.27. The van der Waals surface area contributed by atoms with E-state index >= 15 is 0 Å². The lowest BCUT2D eigenvalue weighted by Crippen LogP contribution is -2.18. The van der Waals surface area contributed by atoms with E-state index in [1.165, 1.54) is 32.1 Å². The van der Waals surface area contributed by atoms with Crippen LogP contribution in [0.15, 0.2) is 0 Å².